The molecule has 1 N–H and O–H groups in total. The van der Waals surface area contributed by atoms with Crippen molar-refractivity contribution in [1.82, 2.24) is 9.97 Å². The third kappa shape index (κ3) is 3.43. The summed E-state index contributed by atoms with van der Waals surface area (Å²) in [6.07, 6.45) is 3.56. The molecule has 2 heterocycles. The Balaban J connectivity index is 1.96. The Kier molecular flexibility index (Phi) is 4.57. The minimum atomic E-state index is -3.70. The molecule has 24 heavy (non-hydrogen) atoms. The summed E-state index contributed by atoms with van der Waals surface area (Å²) in [7, 11) is -2.22. The molecule has 0 saturated carbocycles. The highest BCUT2D eigenvalue weighted by Crippen LogP contribution is 2.29. The summed E-state index contributed by atoms with van der Waals surface area (Å²) in [5.41, 5.74) is 1.24. The molecule has 2 aromatic rings. The maximum absolute atomic E-state index is 12.7. The van der Waals surface area contributed by atoms with Crippen LogP contribution in [0.5, 0.6) is 6.01 Å². The fourth-order valence-corrected chi connectivity index (χ4v) is 3.83. The van der Waals surface area contributed by atoms with E-state index in [0.717, 1.165) is 31.5 Å². The average molecular weight is 348 g/mol. The second kappa shape index (κ2) is 6.64. The molecule has 0 bridgehead atoms. The number of anilines is 2. The van der Waals surface area contributed by atoms with Crippen molar-refractivity contribution >= 4 is 21.5 Å². The minimum Gasteiger partial charge on any atom is -0.467 e. The van der Waals surface area contributed by atoms with Crippen LogP contribution in [0.15, 0.2) is 35.4 Å². The zero-order valence-electron chi connectivity index (χ0n) is 13.7. The van der Waals surface area contributed by atoms with Crippen LogP contribution in [-0.4, -0.2) is 38.6 Å². The molecule has 0 radical (unpaired) electrons. The quantitative estimate of drug-likeness (QED) is 0.892. The van der Waals surface area contributed by atoms with Gasteiger partial charge in [0.25, 0.3) is 10.0 Å². The Bertz CT molecular complexity index is 833. The number of aryl methyl sites for hydroxylation is 1. The molecule has 1 aliphatic heterocycles. The first-order valence-electron chi connectivity index (χ1n) is 7.75. The third-order valence-corrected chi connectivity index (χ3v) is 5.24. The van der Waals surface area contributed by atoms with Crippen LogP contribution >= 0.6 is 0 Å². The number of aromatic nitrogens is 2. The number of sulfonamides is 1. The van der Waals surface area contributed by atoms with Gasteiger partial charge in [0.05, 0.1) is 18.2 Å². The van der Waals surface area contributed by atoms with Crippen LogP contribution in [-0.2, 0) is 10.0 Å². The molecule has 8 heteroatoms. The fourth-order valence-electron chi connectivity index (χ4n) is 2.68. The molecule has 1 aromatic heterocycles. The van der Waals surface area contributed by atoms with E-state index in [1.165, 1.54) is 13.3 Å². The van der Waals surface area contributed by atoms with E-state index >= 15 is 0 Å². The van der Waals surface area contributed by atoms with Crippen molar-refractivity contribution in [2.24, 2.45) is 0 Å². The summed E-state index contributed by atoms with van der Waals surface area (Å²) in [5.74, 6) is 0.551. The number of hydrogen-bond acceptors (Lipinski definition) is 6. The number of nitrogens with one attached hydrogen (secondary N) is 1. The Labute approximate surface area is 141 Å². The van der Waals surface area contributed by atoms with E-state index in [1.54, 1.807) is 18.2 Å². The van der Waals surface area contributed by atoms with Gasteiger partial charge in [-0.25, -0.2) is 13.4 Å². The molecule has 3 rings (SSSR count). The number of benzene rings is 1. The van der Waals surface area contributed by atoms with Crippen LogP contribution in [0.3, 0.4) is 0 Å². The molecule has 128 valence electrons. The number of methoxy groups -OCH3 is 1. The average Bonchev–Trinajstić information content (AvgIpc) is 3.09. The van der Waals surface area contributed by atoms with Crippen molar-refractivity contribution in [1.29, 1.82) is 0 Å². The normalized spacial score (nSPS) is 14.7. The van der Waals surface area contributed by atoms with Gasteiger partial charge in [0.2, 0.25) is 0 Å². The lowest BCUT2D eigenvalue weighted by molar-refractivity contribution is 0.380. The van der Waals surface area contributed by atoms with Crippen molar-refractivity contribution in [2.75, 3.05) is 29.8 Å². The smallest absolute Gasteiger partial charge is 0.318 e. The lowest BCUT2D eigenvalue weighted by Gasteiger charge is -2.20. The number of rotatable bonds is 5. The molecule has 0 spiro atoms. The van der Waals surface area contributed by atoms with E-state index in [9.17, 15) is 8.42 Å². The summed E-state index contributed by atoms with van der Waals surface area (Å²) in [6, 6.07) is 6.98. The van der Waals surface area contributed by atoms with Crippen molar-refractivity contribution in [3.63, 3.8) is 0 Å². The molecule has 7 nitrogen and oxygen atoms in total. The summed E-state index contributed by atoms with van der Waals surface area (Å²) < 4.78 is 33.0. The molecule has 0 unspecified atom stereocenters. The van der Waals surface area contributed by atoms with Gasteiger partial charge in [-0.05, 0) is 37.5 Å². The number of ether oxygens (including phenoxy) is 1. The SMILES string of the molecule is COc1ncc(NS(=O)(=O)c2cccc(C)c2)c(N2CCCC2)n1. The van der Waals surface area contributed by atoms with Crippen molar-refractivity contribution in [3.8, 4) is 6.01 Å². The lowest BCUT2D eigenvalue weighted by Crippen LogP contribution is -2.23. The number of nitrogens with zero attached hydrogens (tertiary/aromatic N) is 3. The lowest BCUT2D eigenvalue weighted by atomic mass is 10.2. The second-order valence-corrected chi connectivity index (χ2v) is 7.39. The highest BCUT2D eigenvalue weighted by Gasteiger charge is 2.23. The fraction of sp³-hybridized carbons (Fsp3) is 0.375. The minimum absolute atomic E-state index is 0.214. The van der Waals surface area contributed by atoms with Crippen LogP contribution in [0.4, 0.5) is 11.5 Å². The summed E-state index contributed by atoms with van der Waals surface area (Å²) in [5, 5.41) is 0. The highest BCUT2D eigenvalue weighted by atomic mass is 32.2. The van der Waals surface area contributed by atoms with Gasteiger partial charge in [-0.15, -0.1) is 0 Å². The Morgan fingerprint density at radius 1 is 1.25 bits per heavy atom. The first kappa shape index (κ1) is 16.5. The van der Waals surface area contributed by atoms with Gasteiger partial charge in [0.15, 0.2) is 5.82 Å². The van der Waals surface area contributed by atoms with Crippen LogP contribution < -0.4 is 14.4 Å². The van der Waals surface area contributed by atoms with E-state index < -0.39 is 10.0 Å². The second-order valence-electron chi connectivity index (χ2n) is 5.71. The molecule has 1 saturated heterocycles. The van der Waals surface area contributed by atoms with Crippen LogP contribution in [0, 0.1) is 6.92 Å². The van der Waals surface area contributed by atoms with Crippen molar-refractivity contribution in [3.05, 3.63) is 36.0 Å². The molecule has 1 aromatic carbocycles. The molecule has 1 aliphatic rings. The molecule has 0 atom stereocenters. The predicted molar refractivity (Wildman–Crippen MR) is 92.0 cm³/mol. The Morgan fingerprint density at radius 3 is 2.67 bits per heavy atom. The van der Waals surface area contributed by atoms with Gasteiger partial charge in [-0.2, -0.15) is 4.98 Å². The van der Waals surface area contributed by atoms with Crippen molar-refractivity contribution in [2.45, 2.75) is 24.7 Å². The van der Waals surface area contributed by atoms with Crippen LogP contribution in [0.2, 0.25) is 0 Å². The highest BCUT2D eigenvalue weighted by molar-refractivity contribution is 7.92. The van der Waals surface area contributed by atoms with E-state index in [-0.39, 0.29) is 10.9 Å². The zero-order valence-corrected chi connectivity index (χ0v) is 14.5. The van der Waals surface area contributed by atoms with E-state index in [1.807, 2.05) is 17.9 Å². The summed E-state index contributed by atoms with van der Waals surface area (Å²) >= 11 is 0. The maximum Gasteiger partial charge on any atom is 0.318 e. The van der Waals surface area contributed by atoms with Crippen molar-refractivity contribution < 1.29 is 13.2 Å². The molecular formula is C16H20N4O3S. The number of hydrogen-bond donors (Lipinski definition) is 1. The Hall–Kier alpha value is -2.35. The standard InChI is InChI=1S/C16H20N4O3S/c1-12-6-5-7-13(10-12)24(21,22)19-14-11-17-16(23-2)18-15(14)20-8-3-4-9-20/h5-7,10-11,19H,3-4,8-9H2,1-2H3. The van der Waals surface area contributed by atoms with Gasteiger partial charge < -0.3 is 9.64 Å². The summed E-state index contributed by atoms with van der Waals surface area (Å²) in [4.78, 5) is 10.6. The van der Waals surface area contributed by atoms with Gasteiger partial charge in [0, 0.05) is 13.1 Å². The van der Waals surface area contributed by atoms with Gasteiger partial charge in [-0.3, -0.25) is 4.72 Å². The predicted octanol–water partition coefficient (Wildman–Crippen LogP) is 2.19. The van der Waals surface area contributed by atoms with E-state index in [0.29, 0.717) is 11.5 Å². The molecular weight excluding hydrogens is 328 g/mol. The summed E-state index contributed by atoms with van der Waals surface area (Å²) in [6.45, 7) is 3.52. The van der Waals surface area contributed by atoms with Crippen LogP contribution in [0.1, 0.15) is 18.4 Å². The van der Waals surface area contributed by atoms with E-state index in [2.05, 4.69) is 14.7 Å². The maximum atomic E-state index is 12.7. The third-order valence-electron chi connectivity index (χ3n) is 3.88. The first-order valence-corrected chi connectivity index (χ1v) is 9.23. The molecule has 0 aliphatic carbocycles. The first-order chi connectivity index (χ1) is 11.5. The van der Waals surface area contributed by atoms with Gasteiger partial charge in [0.1, 0.15) is 5.69 Å². The van der Waals surface area contributed by atoms with Crippen LogP contribution in [0.25, 0.3) is 0 Å². The van der Waals surface area contributed by atoms with E-state index in [4.69, 9.17) is 4.74 Å². The zero-order chi connectivity index (χ0) is 17.2. The van der Waals surface area contributed by atoms with Gasteiger partial charge in [-0.1, -0.05) is 12.1 Å². The monoisotopic (exact) mass is 348 g/mol. The largest absolute Gasteiger partial charge is 0.467 e. The topological polar surface area (TPSA) is 84.4 Å². The molecule has 1 fully saturated rings. The van der Waals surface area contributed by atoms with Gasteiger partial charge >= 0.3 is 6.01 Å². The molecule has 0 amide bonds. The Morgan fingerprint density at radius 2 is 2.00 bits per heavy atom.